The van der Waals surface area contributed by atoms with Crippen LogP contribution in [0.4, 0.5) is 0 Å². The third kappa shape index (κ3) is 22.2. The normalized spacial score (nSPS) is 10.5. The first-order valence-electron chi connectivity index (χ1n) is 5.37. The van der Waals surface area contributed by atoms with Crippen LogP contribution in [0.25, 0.3) is 0 Å². The minimum atomic E-state index is -0.565. The molecule has 0 unspecified atom stereocenters. The van der Waals surface area contributed by atoms with Crippen LogP contribution in [0.1, 0.15) is 27.7 Å². The molecule has 0 spiro atoms. The van der Waals surface area contributed by atoms with Crippen LogP contribution in [0.5, 0.6) is 0 Å². The maximum atomic E-state index is 10.4. The zero-order valence-electron chi connectivity index (χ0n) is 11.3. The molecule has 19 heavy (non-hydrogen) atoms. The molecule has 0 aromatic carbocycles. The van der Waals surface area contributed by atoms with Crippen molar-refractivity contribution < 1.29 is 46.3 Å². The SMILES string of the molecule is CCOC(=O)/C=C(/C)[O-].CCOC(=O)/C=C(/C)[O-].[Cu+2]. The summed E-state index contributed by atoms with van der Waals surface area (Å²) < 4.78 is 8.87. The van der Waals surface area contributed by atoms with E-state index in [1.165, 1.54) is 13.8 Å². The monoisotopic (exact) mass is 321 g/mol. The van der Waals surface area contributed by atoms with Crippen molar-refractivity contribution in [3.05, 3.63) is 23.7 Å². The molecular formula is C12H18CuO6. The summed E-state index contributed by atoms with van der Waals surface area (Å²) in [5.41, 5.74) is 0. The maximum Gasteiger partial charge on any atom is 2.00 e. The molecule has 0 aliphatic carbocycles. The molecule has 1 radical (unpaired) electrons. The van der Waals surface area contributed by atoms with Gasteiger partial charge in [-0.2, -0.15) is 0 Å². The van der Waals surface area contributed by atoms with Crippen LogP contribution in [0.15, 0.2) is 23.7 Å². The maximum absolute atomic E-state index is 10.4. The van der Waals surface area contributed by atoms with Gasteiger partial charge in [-0.15, -0.1) is 11.5 Å². The number of rotatable bonds is 4. The Kier molecular flexibility index (Phi) is 17.4. The van der Waals surface area contributed by atoms with Crippen molar-refractivity contribution in [2.45, 2.75) is 27.7 Å². The fourth-order valence-electron chi connectivity index (χ4n) is 0.700. The number of carbonyl (C=O) groups is 2. The van der Waals surface area contributed by atoms with Crippen molar-refractivity contribution in [2.24, 2.45) is 0 Å². The number of allylic oxidation sites excluding steroid dienone is 2. The Hall–Kier alpha value is -1.46. The molecule has 113 valence electrons. The molecule has 0 aliphatic rings. The van der Waals surface area contributed by atoms with Gasteiger partial charge < -0.3 is 19.7 Å². The second-order valence-corrected chi connectivity index (χ2v) is 3.01. The second kappa shape index (κ2) is 14.6. The number of hydrogen-bond acceptors (Lipinski definition) is 6. The average molecular weight is 322 g/mol. The molecule has 0 heterocycles. The van der Waals surface area contributed by atoms with Gasteiger partial charge in [-0.25, -0.2) is 9.59 Å². The smallest absolute Gasteiger partial charge is 0.875 e. The topological polar surface area (TPSA) is 98.7 Å². The van der Waals surface area contributed by atoms with Crippen LogP contribution < -0.4 is 10.2 Å². The number of ether oxygens (including phenoxy) is 2. The number of esters is 2. The van der Waals surface area contributed by atoms with Crippen molar-refractivity contribution in [3.63, 3.8) is 0 Å². The summed E-state index contributed by atoms with van der Waals surface area (Å²) in [4.78, 5) is 20.7. The van der Waals surface area contributed by atoms with E-state index in [2.05, 4.69) is 9.47 Å². The van der Waals surface area contributed by atoms with E-state index in [9.17, 15) is 19.8 Å². The predicted molar refractivity (Wildman–Crippen MR) is 60.8 cm³/mol. The fraction of sp³-hybridized carbons (Fsp3) is 0.500. The zero-order valence-corrected chi connectivity index (χ0v) is 12.3. The average Bonchev–Trinajstić information content (AvgIpc) is 2.16. The van der Waals surface area contributed by atoms with Gasteiger partial charge in [0.15, 0.2) is 0 Å². The Balaban J connectivity index is -0.000000256. The van der Waals surface area contributed by atoms with Gasteiger partial charge in [-0.05, 0) is 13.8 Å². The molecule has 0 bridgehead atoms. The summed E-state index contributed by atoms with van der Waals surface area (Å²) >= 11 is 0. The third-order valence-corrected chi connectivity index (χ3v) is 1.22. The summed E-state index contributed by atoms with van der Waals surface area (Å²) in [6.45, 7) is 6.59. The van der Waals surface area contributed by atoms with Crippen LogP contribution in [-0.2, 0) is 36.1 Å². The molecule has 0 amide bonds. The Morgan fingerprint density at radius 3 is 1.32 bits per heavy atom. The summed E-state index contributed by atoms with van der Waals surface area (Å²) in [7, 11) is 0. The van der Waals surface area contributed by atoms with Crippen molar-refractivity contribution in [1.29, 1.82) is 0 Å². The van der Waals surface area contributed by atoms with Gasteiger partial charge in [-0.3, -0.25) is 0 Å². The molecule has 0 N–H and O–H groups in total. The van der Waals surface area contributed by atoms with Crippen molar-refractivity contribution in [1.82, 2.24) is 0 Å². The van der Waals surface area contributed by atoms with Crippen LogP contribution in [0.3, 0.4) is 0 Å². The van der Waals surface area contributed by atoms with E-state index in [-0.39, 0.29) is 28.6 Å². The molecule has 0 fully saturated rings. The van der Waals surface area contributed by atoms with E-state index in [4.69, 9.17) is 0 Å². The van der Waals surface area contributed by atoms with Crippen molar-refractivity contribution >= 4 is 11.9 Å². The van der Waals surface area contributed by atoms with Gasteiger partial charge in [0, 0.05) is 12.2 Å². The standard InChI is InChI=1S/2C6H10O3.Cu/c2*1-3-9-6(8)4-5(2)7;/h2*4,7H,3H2,1-2H3;/q;;+2/p-2/b2*5-4-;. The van der Waals surface area contributed by atoms with E-state index < -0.39 is 11.9 Å². The molecule has 6 nitrogen and oxygen atoms in total. The summed E-state index contributed by atoms with van der Waals surface area (Å²) in [6, 6.07) is 0. The molecule has 7 heteroatoms. The van der Waals surface area contributed by atoms with Gasteiger partial charge in [0.25, 0.3) is 0 Å². The molecule has 0 aliphatic heterocycles. The van der Waals surface area contributed by atoms with Gasteiger partial charge in [0.2, 0.25) is 0 Å². The van der Waals surface area contributed by atoms with Gasteiger partial charge >= 0.3 is 29.0 Å². The third-order valence-electron chi connectivity index (χ3n) is 1.22. The van der Waals surface area contributed by atoms with E-state index in [1.807, 2.05) is 0 Å². The Morgan fingerprint density at radius 2 is 1.16 bits per heavy atom. The largest absolute Gasteiger partial charge is 2.00 e. The van der Waals surface area contributed by atoms with E-state index >= 15 is 0 Å². The van der Waals surface area contributed by atoms with E-state index in [0.717, 1.165) is 12.2 Å². The van der Waals surface area contributed by atoms with Crippen LogP contribution in [0, 0.1) is 0 Å². The zero-order chi connectivity index (χ0) is 14.6. The van der Waals surface area contributed by atoms with Crippen LogP contribution in [-0.4, -0.2) is 25.2 Å². The molecule has 0 rings (SSSR count). The molecule has 0 aromatic heterocycles. The number of hydrogen-bond donors (Lipinski definition) is 0. The first-order chi connectivity index (χ1) is 8.33. The van der Waals surface area contributed by atoms with Crippen molar-refractivity contribution in [2.75, 3.05) is 13.2 Å². The summed E-state index contributed by atoms with van der Waals surface area (Å²) in [6.07, 6.45) is 1.84. The van der Waals surface area contributed by atoms with Crippen LogP contribution in [0.2, 0.25) is 0 Å². The van der Waals surface area contributed by atoms with Crippen molar-refractivity contribution in [3.8, 4) is 0 Å². The molecular weight excluding hydrogens is 304 g/mol. The minimum absolute atomic E-state index is 0. The molecule has 0 saturated heterocycles. The van der Waals surface area contributed by atoms with E-state index in [0.29, 0.717) is 13.2 Å². The summed E-state index contributed by atoms with van der Waals surface area (Å²) in [5, 5.41) is 20.3. The predicted octanol–water partition coefficient (Wildman–Crippen LogP) is -0.375. The van der Waals surface area contributed by atoms with Crippen LogP contribution >= 0.6 is 0 Å². The molecule has 0 atom stereocenters. The quantitative estimate of drug-likeness (QED) is 0.303. The molecule has 0 aromatic rings. The Bertz CT molecular complexity index is 282. The first kappa shape index (κ1) is 22.7. The fourth-order valence-corrected chi connectivity index (χ4v) is 0.700. The Morgan fingerprint density at radius 1 is 0.895 bits per heavy atom. The molecule has 0 saturated carbocycles. The minimum Gasteiger partial charge on any atom is -0.875 e. The summed E-state index contributed by atoms with van der Waals surface area (Å²) in [5.74, 6) is -1.70. The number of carbonyl (C=O) groups excluding carboxylic acids is 2. The van der Waals surface area contributed by atoms with E-state index in [1.54, 1.807) is 13.8 Å². The first-order valence-corrected chi connectivity index (χ1v) is 5.37. The van der Waals surface area contributed by atoms with Gasteiger partial charge in [-0.1, -0.05) is 13.8 Å². The second-order valence-electron chi connectivity index (χ2n) is 3.01. The van der Waals surface area contributed by atoms with Gasteiger partial charge in [0.1, 0.15) is 0 Å². The Labute approximate surface area is 123 Å². The van der Waals surface area contributed by atoms with Gasteiger partial charge in [0.05, 0.1) is 13.2 Å².